The summed E-state index contributed by atoms with van der Waals surface area (Å²) in [4.78, 5) is 27.1. The molecule has 130 valence electrons. The van der Waals surface area contributed by atoms with Crippen molar-refractivity contribution in [3.05, 3.63) is 71.8 Å². The Hall–Kier alpha value is -2.66. The van der Waals surface area contributed by atoms with E-state index in [2.05, 4.69) is 5.32 Å². The summed E-state index contributed by atoms with van der Waals surface area (Å²) in [5, 5.41) is 11.8. The van der Waals surface area contributed by atoms with Crippen LogP contribution in [0.2, 0.25) is 0 Å². The number of imide groups is 1. The number of benzene rings is 2. The quantitative estimate of drug-likeness (QED) is 0.602. The van der Waals surface area contributed by atoms with Crippen molar-refractivity contribution in [3.63, 3.8) is 0 Å². The Kier molecular flexibility index (Phi) is 5.14. The third-order valence-corrected chi connectivity index (χ3v) is 4.56. The molecular weight excluding hydrogens is 316 g/mol. The maximum absolute atomic E-state index is 13.3. The first-order chi connectivity index (χ1) is 12.2. The number of amides is 3. The maximum Gasteiger partial charge on any atom is 0.325 e. The predicted molar refractivity (Wildman–Crippen MR) is 94.8 cm³/mol. The normalized spacial score (nSPS) is 16.1. The van der Waals surface area contributed by atoms with Crippen LogP contribution < -0.4 is 5.32 Å². The Balaban J connectivity index is 1.96. The van der Waals surface area contributed by atoms with E-state index >= 15 is 0 Å². The molecule has 1 aliphatic rings. The van der Waals surface area contributed by atoms with Crippen LogP contribution in [0.15, 0.2) is 60.7 Å². The molecule has 2 N–H and O–H groups in total. The third-order valence-electron chi connectivity index (χ3n) is 4.56. The second-order valence-electron chi connectivity index (χ2n) is 6.15. The Morgan fingerprint density at radius 1 is 0.840 bits per heavy atom. The van der Waals surface area contributed by atoms with Gasteiger partial charge in [-0.15, -0.1) is 0 Å². The first-order valence-electron chi connectivity index (χ1n) is 8.56. The lowest BCUT2D eigenvalue weighted by Gasteiger charge is -2.28. The number of urea groups is 1. The Labute approximate surface area is 147 Å². The van der Waals surface area contributed by atoms with E-state index in [-0.39, 0.29) is 18.5 Å². The zero-order chi connectivity index (χ0) is 17.7. The summed E-state index contributed by atoms with van der Waals surface area (Å²) < 4.78 is 0. The van der Waals surface area contributed by atoms with Crippen molar-refractivity contribution < 1.29 is 14.7 Å². The summed E-state index contributed by atoms with van der Waals surface area (Å²) in [5.74, 6) is -0.251. The molecule has 0 spiro atoms. The van der Waals surface area contributed by atoms with Crippen molar-refractivity contribution in [1.29, 1.82) is 0 Å². The van der Waals surface area contributed by atoms with Crippen LogP contribution >= 0.6 is 0 Å². The number of hydrogen-bond donors (Lipinski definition) is 2. The second-order valence-corrected chi connectivity index (χ2v) is 6.15. The lowest BCUT2D eigenvalue weighted by Crippen LogP contribution is -2.45. The van der Waals surface area contributed by atoms with E-state index < -0.39 is 5.54 Å². The van der Waals surface area contributed by atoms with Gasteiger partial charge in [0.15, 0.2) is 5.54 Å². The standard InChI is InChI=1S/C20H22N2O3/c23-15-9-3-8-14-22-18(24)20(21-19(22)25,16-10-4-1-5-11-16)17-12-6-2-7-13-17/h1-2,4-7,10-13,23H,3,8-9,14-15H2,(H,21,25). The molecule has 0 atom stereocenters. The Bertz CT molecular complexity index is 692. The van der Waals surface area contributed by atoms with E-state index in [0.29, 0.717) is 19.4 Å². The highest BCUT2D eigenvalue weighted by atomic mass is 16.3. The van der Waals surface area contributed by atoms with Crippen LogP contribution in [-0.2, 0) is 10.3 Å². The highest BCUT2D eigenvalue weighted by Gasteiger charge is 2.53. The van der Waals surface area contributed by atoms with Crippen molar-refractivity contribution >= 4 is 11.9 Å². The van der Waals surface area contributed by atoms with E-state index in [1.165, 1.54) is 4.90 Å². The van der Waals surface area contributed by atoms with Gasteiger partial charge in [0.05, 0.1) is 0 Å². The topological polar surface area (TPSA) is 69.6 Å². The minimum Gasteiger partial charge on any atom is -0.396 e. The Morgan fingerprint density at radius 2 is 1.40 bits per heavy atom. The monoisotopic (exact) mass is 338 g/mol. The average Bonchev–Trinajstić information content (AvgIpc) is 2.92. The minimum atomic E-state index is -1.18. The summed E-state index contributed by atoms with van der Waals surface area (Å²) in [6.45, 7) is 0.476. The molecule has 5 heteroatoms. The van der Waals surface area contributed by atoms with Gasteiger partial charge in [-0.05, 0) is 30.4 Å². The van der Waals surface area contributed by atoms with Gasteiger partial charge in [-0.1, -0.05) is 60.7 Å². The molecule has 0 radical (unpaired) electrons. The van der Waals surface area contributed by atoms with Crippen LogP contribution in [0.4, 0.5) is 4.79 Å². The van der Waals surface area contributed by atoms with Gasteiger partial charge in [0, 0.05) is 13.2 Å². The lowest BCUT2D eigenvalue weighted by atomic mass is 9.82. The van der Waals surface area contributed by atoms with Gasteiger partial charge < -0.3 is 10.4 Å². The molecule has 3 rings (SSSR count). The molecule has 2 aromatic carbocycles. The first kappa shape index (κ1) is 17.2. The number of aliphatic hydroxyl groups excluding tert-OH is 1. The van der Waals surface area contributed by atoms with Crippen molar-refractivity contribution in [2.75, 3.05) is 13.2 Å². The van der Waals surface area contributed by atoms with Crippen LogP contribution in [0.3, 0.4) is 0 Å². The SMILES string of the molecule is O=C1NC(c2ccccc2)(c2ccccc2)C(=O)N1CCCCCO. The van der Waals surface area contributed by atoms with Crippen molar-refractivity contribution in [1.82, 2.24) is 10.2 Å². The van der Waals surface area contributed by atoms with E-state index in [4.69, 9.17) is 5.11 Å². The van der Waals surface area contributed by atoms with Crippen LogP contribution in [0, 0.1) is 0 Å². The fourth-order valence-corrected chi connectivity index (χ4v) is 3.27. The molecular formula is C20H22N2O3. The zero-order valence-corrected chi connectivity index (χ0v) is 14.0. The highest BCUT2D eigenvalue weighted by Crippen LogP contribution is 2.36. The number of hydrogen-bond acceptors (Lipinski definition) is 3. The van der Waals surface area contributed by atoms with E-state index in [0.717, 1.165) is 17.5 Å². The largest absolute Gasteiger partial charge is 0.396 e. The first-order valence-corrected chi connectivity index (χ1v) is 8.56. The number of unbranched alkanes of at least 4 members (excludes halogenated alkanes) is 2. The molecule has 0 unspecified atom stereocenters. The Morgan fingerprint density at radius 3 is 1.92 bits per heavy atom. The van der Waals surface area contributed by atoms with Gasteiger partial charge in [-0.25, -0.2) is 4.79 Å². The van der Waals surface area contributed by atoms with E-state index in [1.807, 2.05) is 60.7 Å². The number of carbonyl (C=O) groups is 2. The second kappa shape index (κ2) is 7.49. The van der Waals surface area contributed by atoms with Crippen LogP contribution in [0.25, 0.3) is 0 Å². The maximum atomic E-state index is 13.3. The summed E-state index contributed by atoms with van der Waals surface area (Å²) in [7, 11) is 0. The van der Waals surface area contributed by atoms with E-state index in [1.54, 1.807) is 0 Å². The number of carbonyl (C=O) groups excluding carboxylic acids is 2. The summed E-state index contributed by atoms with van der Waals surface area (Å²) in [5.41, 5.74) is 0.311. The average molecular weight is 338 g/mol. The molecule has 0 bridgehead atoms. The van der Waals surface area contributed by atoms with E-state index in [9.17, 15) is 9.59 Å². The van der Waals surface area contributed by atoms with Gasteiger partial charge in [0.1, 0.15) is 0 Å². The van der Waals surface area contributed by atoms with Crippen LogP contribution in [0.1, 0.15) is 30.4 Å². The predicted octanol–water partition coefficient (Wildman–Crippen LogP) is 2.64. The van der Waals surface area contributed by atoms with Gasteiger partial charge in [-0.3, -0.25) is 9.69 Å². The minimum absolute atomic E-state index is 0.123. The third kappa shape index (κ3) is 3.15. The van der Waals surface area contributed by atoms with Crippen molar-refractivity contribution in [2.24, 2.45) is 0 Å². The fourth-order valence-electron chi connectivity index (χ4n) is 3.27. The molecule has 5 nitrogen and oxygen atoms in total. The number of aliphatic hydroxyl groups is 1. The van der Waals surface area contributed by atoms with Crippen molar-refractivity contribution in [2.45, 2.75) is 24.8 Å². The molecule has 0 aromatic heterocycles. The molecule has 1 aliphatic heterocycles. The smallest absolute Gasteiger partial charge is 0.325 e. The summed E-state index contributed by atoms with van der Waals surface area (Å²) in [6, 6.07) is 18.3. The molecule has 0 saturated carbocycles. The number of rotatable bonds is 7. The zero-order valence-electron chi connectivity index (χ0n) is 14.0. The number of nitrogens with zero attached hydrogens (tertiary/aromatic N) is 1. The molecule has 1 fully saturated rings. The summed E-state index contributed by atoms with van der Waals surface area (Å²) >= 11 is 0. The van der Waals surface area contributed by atoms with Gasteiger partial charge in [0.2, 0.25) is 0 Å². The summed E-state index contributed by atoms with van der Waals surface area (Å²) in [6.07, 6.45) is 2.13. The molecule has 1 saturated heterocycles. The lowest BCUT2D eigenvalue weighted by molar-refractivity contribution is -0.130. The van der Waals surface area contributed by atoms with Gasteiger partial charge >= 0.3 is 6.03 Å². The van der Waals surface area contributed by atoms with Crippen LogP contribution in [-0.4, -0.2) is 35.1 Å². The molecule has 1 heterocycles. The molecule has 25 heavy (non-hydrogen) atoms. The fraction of sp³-hybridized carbons (Fsp3) is 0.300. The molecule has 3 amide bonds. The van der Waals surface area contributed by atoms with Crippen molar-refractivity contribution in [3.8, 4) is 0 Å². The molecule has 2 aromatic rings. The van der Waals surface area contributed by atoms with Crippen LogP contribution in [0.5, 0.6) is 0 Å². The van der Waals surface area contributed by atoms with Gasteiger partial charge in [0.25, 0.3) is 5.91 Å². The number of nitrogens with one attached hydrogen (secondary N) is 1. The molecule has 0 aliphatic carbocycles. The highest BCUT2D eigenvalue weighted by molar-refractivity contribution is 6.09. The van der Waals surface area contributed by atoms with Gasteiger partial charge in [-0.2, -0.15) is 0 Å².